The van der Waals surface area contributed by atoms with Crippen LogP contribution >= 0.6 is 0 Å². The highest BCUT2D eigenvalue weighted by molar-refractivity contribution is 5.98. The third-order valence-electron chi connectivity index (χ3n) is 6.16. The minimum atomic E-state index is -0.355. The summed E-state index contributed by atoms with van der Waals surface area (Å²) in [7, 11) is 0. The minimum absolute atomic E-state index is 0.0400. The second-order valence-corrected chi connectivity index (χ2v) is 8.14. The van der Waals surface area contributed by atoms with E-state index in [1.165, 1.54) is 12.1 Å². The number of anilines is 1. The Bertz CT molecular complexity index is 1140. The zero-order chi connectivity index (χ0) is 22.1. The van der Waals surface area contributed by atoms with Crippen LogP contribution in [0.2, 0.25) is 0 Å². The van der Waals surface area contributed by atoms with Gasteiger partial charge in [0.2, 0.25) is 0 Å². The summed E-state index contributed by atoms with van der Waals surface area (Å²) in [4.78, 5) is 29.6. The second kappa shape index (κ2) is 8.46. The highest BCUT2D eigenvalue weighted by Crippen LogP contribution is 2.31. The maximum absolute atomic E-state index is 13.2. The largest absolute Gasteiger partial charge is 0.454 e. The Labute approximate surface area is 186 Å². The van der Waals surface area contributed by atoms with Gasteiger partial charge in [-0.05, 0) is 53.6 Å². The summed E-state index contributed by atoms with van der Waals surface area (Å²) < 4.78 is 18.8. The average Bonchev–Trinajstić information content (AvgIpc) is 2.84. The third kappa shape index (κ3) is 3.96. The van der Waals surface area contributed by atoms with Crippen LogP contribution in [0.5, 0.6) is 0 Å². The summed E-state index contributed by atoms with van der Waals surface area (Å²) in [6.45, 7) is 2.54. The molecule has 32 heavy (non-hydrogen) atoms. The van der Waals surface area contributed by atoms with Crippen LogP contribution in [0.25, 0.3) is 0 Å². The van der Waals surface area contributed by atoms with Crippen molar-refractivity contribution in [2.45, 2.75) is 12.5 Å². The Hall–Kier alpha value is -3.67. The molecule has 0 unspecified atom stereocenters. The monoisotopic (exact) mass is 430 g/mol. The fourth-order valence-corrected chi connectivity index (χ4v) is 4.38. The zero-order valence-corrected chi connectivity index (χ0v) is 17.5. The SMILES string of the molecule is O=C1O[C@H](c2ccccc2)Cc2cc(C(=O)N3CCN(c4ccc(F)cc4)CC3)ccc21. The topological polar surface area (TPSA) is 49.9 Å². The van der Waals surface area contributed by atoms with E-state index in [-0.39, 0.29) is 23.8 Å². The highest BCUT2D eigenvalue weighted by atomic mass is 19.1. The molecule has 6 heteroatoms. The number of carbonyl (C=O) groups is 2. The van der Waals surface area contributed by atoms with Crippen LogP contribution in [0.3, 0.4) is 0 Å². The Morgan fingerprint density at radius 3 is 2.34 bits per heavy atom. The number of hydrogen-bond donors (Lipinski definition) is 0. The predicted molar refractivity (Wildman–Crippen MR) is 119 cm³/mol. The van der Waals surface area contributed by atoms with Crippen molar-refractivity contribution < 1.29 is 18.7 Å². The fourth-order valence-electron chi connectivity index (χ4n) is 4.38. The smallest absolute Gasteiger partial charge is 0.339 e. The number of esters is 1. The lowest BCUT2D eigenvalue weighted by molar-refractivity contribution is 0.0252. The van der Waals surface area contributed by atoms with Gasteiger partial charge in [0.15, 0.2) is 0 Å². The molecule has 1 saturated heterocycles. The molecule has 1 fully saturated rings. The molecular weight excluding hydrogens is 407 g/mol. The summed E-state index contributed by atoms with van der Waals surface area (Å²) in [5.74, 6) is -0.651. The van der Waals surface area contributed by atoms with Crippen molar-refractivity contribution in [3.63, 3.8) is 0 Å². The van der Waals surface area contributed by atoms with E-state index < -0.39 is 0 Å². The molecule has 5 rings (SSSR count). The molecule has 1 atom stereocenters. The maximum atomic E-state index is 13.2. The van der Waals surface area contributed by atoms with Crippen LogP contribution in [0.1, 0.15) is 37.9 Å². The van der Waals surface area contributed by atoms with Crippen LogP contribution in [-0.4, -0.2) is 43.0 Å². The first-order valence-corrected chi connectivity index (χ1v) is 10.8. The fraction of sp³-hybridized carbons (Fsp3) is 0.231. The predicted octanol–water partition coefficient (Wildman–Crippen LogP) is 4.24. The zero-order valence-electron chi connectivity index (χ0n) is 17.5. The number of nitrogens with zero attached hydrogens (tertiary/aromatic N) is 2. The van der Waals surface area contributed by atoms with E-state index in [9.17, 15) is 14.0 Å². The standard InChI is InChI=1S/C26H23FN2O3/c27-21-7-9-22(10-8-21)28-12-14-29(15-13-28)25(30)19-6-11-23-20(16-19)17-24(32-26(23)31)18-4-2-1-3-5-18/h1-11,16,24H,12-15,17H2/t24-/m0/s1. The van der Waals surface area contributed by atoms with E-state index in [1.807, 2.05) is 41.3 Å². The molecule has 0 saturated carbocycles. The number of amides is 1. The quantitative estimate of drug-likeness (QED) is 0.583. The van der Waals surface area contributed by atoms with Gasteiger partial charge >= 0.3 is 5.97 Å². The Morgan fingerprint density at radius 2 is 1.62 bits per heavy atom. The molecule has 0 N–H and O–H groups in total. The normalized spacial score (nSPS) is 18.2. The number of halogens is 1. The molecule has 0 bridgehead atoms. The van der Waals surface area contributed by atoms with Crippen LogP contribution in [0.15, 0.2) is 72.8 Å². The number of fused-ring (bicyclic) bond motifs is 1. The number of benzene rings is 3. The van der Waals surface area contributed by atoms with Gasteiger partial charge in [-0.15, -0.1) is 0 Å². The first-order chi connectivity index (χ1) is 15.6. The first-order valence-electron chi connectivity index (χ1n) is 10.8. The highest BCUT2D eigenvalue weighted by Gasteiger charge is 2.29. The molecular formula is C26H23FN2O3. The van der Waals surface area contributed by atoms with Gasteiger partial charge in [-0.2, -0.15) is 0 Å². The molecule has 0 aliphatic carbocycles. The number of piperazine rings is 1. The molecule has 0 radical (unpaired) electrons. The van der Waals surface area contributed by atoms with Gasteiger partial charge in [0.05, 0.1) is 5.56 Å². The van der Waals surface area contributed by atoms with Crippen LogP contribution in [0.4, 0.5) is 10.1 Å². The van der Waals surface area contributed by atoms with Crippen molar-refractivity contribution >= 4 is 17.6 Å². The van der Waals surface area contributed by atoms with Crippen molar-refractivity contribution in [3.8, 4) is 0 Å². The van der Waals surface area contributed by atoms with Crippen LogP contribution in [0, 0.1) is 5.82 Å². The van der Waals surface area contributed by atoms with Crippen LogP contribution in [-0.2, 0) is 11.2 Å². The lowest BCUT2D eigenvalue weighted by Crippen LogP contribution is -2.48. The molecule has 162 valence electrons. The Morgan fingerprint density at radius 1 is 0.906 bits per heavy atom. The number of rotatable bonds is 3. The Balaban J connectivity index is 1.29. The van der Waals surface area contributed by atoms with E-state index in [4.69, 9.17) is 4.74 Å². The maximum Gasteiger partial charge on any atom is 0.339 e. The van der Waals surface area contributed by atoms with Crippen molar-refractivity contribution in [1.82, 2.24) is 4.90 Å². The number of hydrogen-bond acceptors (Lipinski definition) is 4. The van der Waals surface area contributed by atoms with E-state index in [1.54, 1.807) is 24.3 Å². The lowest BCUT2D eigenvalue weighted by Gasteiger charge is -2.36. The van der Waals surface area contributed by atoms with Gasteiger partial charge in [0, 0.05) is 43.9 Å². The molecule has 2 heterocycles. The second-order valence-electron chi connectivity index (χ2n) is 8.14. The van der Waals surface area contributed by atoms with Crippen molar-refractivity contribution in [2.24, 2.45) is 0 Å². The number of carbonyl (C=O) groups excluding carboxylic acids is 2. The van der Waals surface area contributed by atoms with E-state index in [0.29, 0.717) is 43.7 Å². The molecule has 3 aromatic carbocycles. The molecule has 5 nitrogen and oxygen atoms in total. The Kier molecular flexibility index (Phi) is 5.35. The first kappa shape index (κ1) is 20.2. The summed E-state index contributed by atoms with van der Waals surface area (Å²) in [6.07, 6.45) is 0.200. The van der Waals surface area contributed by atoms with Crippen LogP contribution < -0.4 is 4.90 Å². The van der Waals surface area contributed by atoms with E-state index >= 15 is 0 Å². The minimum Gasteiger partial charge on any atom is -0.454 e. The molecule has 0 spiro atoms. The van der Waals surface area contributed by atoms with Gasteiger partial charge < -0.3 is 14.5 Å². The van der Waals surface area contributed by atoms with Crippen molar-refractivity contribution in [2.75, 3.05) is 31.1 Å². The number of cyclic esters (lactones) is 1. The molecule has 3 aromatic rings. The third-order valence-corrected chi connectivity index (χ3v) is 6.16. The summed E-state index contributed by atoms with van der Waals surface area (Å²) in [5.41, 5.74) is 3.85. The van der Waals surface area contributed by atoms with Gasteiger partial charge in [-0.3, -0.25) is 4.79 Å². The van der Waals surface area contributed by atoms with E-state index in [2.05, 4.69) is 4.90 Å². The molecule has 0 aromatic heterocycles. The molecule has 1 amide bonds. The summed E-state index contributed by atoms with van der Waals surface area (Å²) in [6, 6.07) is 21.3. The van der Waals surface area contributed by atoms with Crippen molar-refractivity contribution in [1.29, 1.82) is 0 Å². The van der Waals surface area contributed by atoms with Gasteiger partial charge in [0.1, 0.15) is 11.9 Å². The lowest BCUT2D eigenvalue weighted by atomic mass is 9.93. The van der Waals surface area contributed by atoms with Crippen molar-refractivity contribution in [3.05, 3.63) is 101 Å². The van der Waals surface area contributed by atoms with E-state index in [0.717, 1.165) is 16.8 Å². The summed E-state index contributed by atoms with van der Waals surface area (Å²) >= 11 is 0. The molecule has 2 aliphatic rings. The number of ether oxygens (including phenoxy) is 1. The summed E-state index contributed by atoms with van der Waals surface area (Å²) in [5, 5.41) is 0. The van der Waals surface area contributed by atoms with Gasteiger partial charge in [-0.1, -0.05) is 30.3 Å². The van der Waals surface area contributed by atoms with Gasteiger partial charge in [0.25, 0.3) is 5.91 Å². The average molecular weight is 430 g/mol. The molecule has 2 aliphatic heterocycles. The van der Waals surface area contributed by atoms with Gasteiger partial charge in [-0.25, -0.2) is 9.18 Å².